The Bertz CT molecular complexity index is 719. The quantitative estimate of drug-likeness (QED) is 0.742. The van der Waals surface area contributed by atoms with Crippen LogP contribution in [-0.2, 0) is 4.74 Å². The van der Waals surface area contributed by atoms with Crippen LogP contribution >= 0.6 is 15.9 Å². The molecule has 1 aromatic rings. The number of carbonyl (C=O) groups is 2. The Morgan fingerprint density at radius 3 is 2.67 bits per heavy atom. The Balaban J connectivity index is 2.16. The SMILES string of the molecule is Cc1ccc(Br)cc1C(=O)N1CC(F)(F)CC[C@@H]1CNC(=O)OC(C)(C)C. The highest BCUT2D eigenvalue weighted by Crippen LogP contribution is 2.32. The maximum absolute atomic E-state index is 14.0. The summed E-state index contributed by atoms with van der Waals surface area (Å²) in [4.78, 5) is 26.0. The fraction of sp³-hybridized carbons (Fsp3) is 0.579. The zero-order valence-electron chi connectivity index (χ0n) is 15.9. The molecule has 5 nitrogen and oxygen atoms in total. The standard InChI is InChI=1S/C19H25BrF2N2O3/c1-12-5-6-13(20)9-15(12)16(25)24-11-19(21,22)8-7-14(24)10-23-17(26)27-18(2,3)4/h5-6,9,14H,7-8,10-11H2,1-4H3,(H,23,26)/t14-/m1/s1. The van der Waals surface area contributed by atoms with Crippen LogP contribution in [0.4, 0.5) is 13.6 Å². The van der Waals surface area contributed by atoms with Gasteiger partial charge in [-0.2, -0.15) is 0 Å². The molecule has 0 bridgehead atoms. The maximum Gasteiger partial charge on any atom is 0.407 e. The van der Waals surface area contributed by atoms with Gasteiger partial charge in [-0.05, 0) is 51.8 Å². The molecule has 8 heteroatoms. The van der Waals surface area contributed by atoms with Crippen molar-refractivity contribution in [3.8, 4) is 0 Å². The lowest BCUT2D eigenvalue weighted by molar-refractivity contribution is -0.0717. The average molecular weight is 447 g/mol. The van der Waals surface area contributed by atoms with Crippen LogP contribution in [-0.4, -0.2) is 47.6 Å². The number of alkyl carbamates (subject to hydrolysis) is 1. The van der Waals surface area contributed by atoms with Gasteiger partial charge in [-0.1, -0.05) is 22.0 Å². The van der Waals surface area contributed by atoms with Crippen LogP contribution in [0.3, 0.4) is 0 Å². The lowest BCUT2D eigenvalue weighted by Crippen LogP contribution is -2.55. The number of hydrogen-bond donors (Lipinski definition) is 1. The number of alkyl halides is 2. The van der Waals surface area contributed by atoms with Crippen LogP contribution < -0.4 is 5.32 Å². The van der Waals surface area contributed by atoms with Gasteiger partial charge in [-0.25, -0.2) is 13.6 Å². The Morgan fingerprint density at radius 2 is 2.04 bits per heavy atom. The Labute approximate surface area is 166 Å². The molecule has 0 aliphatic carbocycles. The van der Waals surface area contributed by atoms with Gasteiger partial charge in [-0.15, -0.1) is 0 Å². The predicted molar refractivity (Wildman–Crippen MR) is 102 cm³/mol. The minimum Gasteiger partial charge on any atom is -0.444 e. The minimum absolute atomic E-state index is 0.0593. The number of ether oxygens (including phenoxy) is 1. The number of piperidine rings is 1. The predicted octanol–water partition coefficient (Wildman–Crippen LogP) is 4.52. The van der Waals surface area contributed by atoms with Gasteiger partial charge in [0.2, 0.25) is 0 Å². The second kappa shape index (κ2) is 8.12. The third-order valence-corrected chi connectivity index (χ3v) is 4.75. The van der Waals surface area contributed by atoms with Crippen LogP contribution in [0, 0.1) is 6.92 Å². The molecule has 0 saturated carbocycles. The van der Waals surface area contributed by atoms with E-state index >= 15 is 0 Å². The molecular weight excluding hydrogens is 422 g/mol. The Kier molecular flexibility index (Phi) is 6.50. The third-order valence-electron chi connectivity index (χ3n) is 4.26. The third kappa shape index (κ3) is 6.16. The van der Waals surface area contributed by atoms with Crippen molar-refractivity contribution in [3.63, 3.8) is 0 Å². The second-order valence-electron chi connectivity index (χ2n) is 7.82. The van der Waals surface area contributed by atoms with E-state index in [1.807, 2.05) is 0 Å². The van der Waals surface area contributed by atoms with Crippen molar-refractivity contribution in [2.24, 2.45) is 0 Å². The number of rotatable bonds is 3. The summed E-state index contributed by atoms with van der Waals surface area (Å²) in [5.41, 5.74) is 0.410. The fourth-order valence-electron chi connectivity index (χ4n) is 2.94. The Morgan fingerprint density at radius 1 is 1.37 bits per heavy atom. The van der Waals surface area contributed by atoms with Crippen molar-refractivity contribution in [1.29, 1.82) is 0 Å². The van der Waals surface area contributed by atoms with Crippen molar-refractivity contribution < 1.29 is 23.1 Å². The van der Waals surface area contributed by atoms with Crippen molar-refractivity contribution in [1.82, 2.24) is 10.2 Å². The summed E-state index contributed by atoms with van der Waals surface area (Å²) in [5.74, 6) is -3.41. The summed E-state index contributed by atoms with van der Waals surface area (Å²) in [6, 6.07) is 4.65. The number of halogens is 3. The van der Waals surface area contributed by atoms with Crippen LogP contribution in [0.5, 0.6) is 0 Å². The Hall–Kier alpha value is -1.70. The monoisotopic (exact) mass is 446 g/mol. The van der Waals surface area contributed by atoms with Crippen molar-refractivity contribution >= 4 is 27.9 Å². The molecule has 0 unspecified atom stereocenters. The molecule has 1 saturated heterocycles. The summed E-state index contributed by atoms with van der Waals surface area (Å²) in [7, 11) is 0. The van der Waals surface area contributed by atoms with Crippen molar-refractivity contribution in [2.45, 2.75) is 58.1 Å². The molecule has 1 N–H and O–H groups in total. The topological polar surface area (TPSA) is 58.6 Å². The van der Waals surface area contributed by atoms with E-state index in [0.29, 0.717) is 15.6 Å². The van der Waals surface area contributed by atoms with E-state index in [2.05, 4.69) is 21.2 Å². The number of aryl methyl sites for hydroxylation is 1. The van der Waals surface area contributed by atoms with E-state index in [-0.39, 0.29) is 19.4 Å². The second-order valence-corrected chi connectivity index (χ2v) is 8.74. The van der Waals surface area contributed by atoms with Gasteiger partial charge in [0, 0.05) is 29.0 Å². The summed E-state index contributed by atoms with van der Waals surface area (Å²) >= 11 is 3.31. The number of hydrogen-bond acceptors (Lipinski definition) is 3. The van der Waals surface area contributed by atoms with Gasteiger partial charge in [0.05, 0.1) is 6.54 Å². The van der Waals surface area contributed by atoms with Crippen molar-refractivity contribution in [2.75, 3.05) is 13.1 Å². The van der Waals surface area contributed by atoms with Crippen LogP contribution in [0.2, 0.25) is 0 Å². The first-order valence-corrected chi connectivity index (χ1v) is 9.59. The molecule has 2 amide bonds. The molecule has 0 radical (unpaired) electrons. The lowest BCUT2D eigenvalue weighted by Gasteiger charge is -2.40. The van der Waals surface area contributed by atoms with E-state index in [4.69, 9.17) is 4.74 Å². The van der Waals surface area contributed by atoms with E-state index in [9.17, 15) is 18.4 Å². The zero-order chi connectivity index (χ0) is 20.4. The highest BCUT2D eigenvalue weighted by Gasteiger charge is 2.42. The molecule has 1 aliphatic rings. The highest BCUT2D eigenvalue weighted by atomic mass is 79.9. The van der Waals surface area contributed by atoms with Crippen LogP contribution in [0.25, 0.3) is 0 Å². The minimum atomic E-state index is -2.95. The summed E-state index contributed by atoms with van der Waals surface area (Å²) in [6.45, 7) is 6.36. The van der Waals surface area contributed by atoms with Gasteiger partial charge in [0.1, 0.15) is 5.60 Å². The van der Waals surface area contributed by atoms with Crippen molar-refractivity contribution in [3.05, 3.63) is 33.8 Å². The molecule has 150 valence electrons. The lowest BCUT2D eigenvalue weighted by atomic mass is 9.97. The number of nitrogens with one attached hydrogen (secondary N) is 1. The highest BCUT2D eigenvalue weighted by molar-refractivity contribution is 9.10. The average Bonchev–Trinajstić information content (AvgIpc) is 2.53. The van der Waals surface area contributed by atoms with Gasteiger partial charge in [0.15, 0.2) is 0 Å². The van der Waals surface area contributed by atoms with Gasteiger partial charge in [0.25, 0.3) is 11.8 Å². The van der Waals surface area contributed by atoms with Crippen LogP contribution in [0.15, 0.2) is 22.7 Å². The smallest absolute Gasteiger partial charge is 0.407 e. The molecule has 0 aromatic heterocycles. The number of benzene rings is 1. The maximum atomic E-state index is 14.0. The molecule has 1 aliphatic heterocycles. The molecule has 1 aromatic carbocycles. The van der Waals surface area contributed by atoms with Gasteiger partial charge >= 0.3 is 6.09 Å². The molecule has 1 atom stereocenters. The molecule has 0 spiro atoms. The molecular formula is C19H25BrF2N2O3. The van der Waals surface area contributed by atoms with E-state index in [1.165, 1.54) is 0 Å². The molecule has 2 rings (SSSR count). The van der Waals surface area contributed by atoms with Crippen LogP contribution in [0.1, 0.15) is 49.5 Å². The first kappa shape index (κ1) is 21.6. The molecule has 1 heterocycles. The number of nitrogens with zero attached hydrogens (tertiary/aromatic N) is 1. The number of carbonyl (C=O) groups excluding carboxylic acids is 2. The molecule has 1 fully saturated rings. The first-order valence-electron chi connectivity index (χ1n) is 8.80. The van der Waals surface area contributed by atoms with E-state index in [0.717, 1.165) is 4.90 Å². The number of amides is 2. The first-order chi connectivity index (χ1) is 12.4. The fourth-order valence-corrected chi connectivity index (χ4v) is 3.30. The zero-order valence-corrected chi connectivity index (χ0v) is 17.5. The summed E-state index contributed by atoms with van der Waals surface area (Å²) in [6.07, 6.45) is -0.859. The normalized spacial score (nSPS) is 19.5. The largest absolute Gasteiger partial charge is 0.444 e. The molecule has 27 heavy (non-hydrogen) atoms. The van der Waals surface area contributed by atoms with Gasteiger partial charge in [-0.3, -0.25) is 4.79 Å². The van der Waals surface area contributed by atoms with Gasteiger partial charge < -0.3 is 15.0 Å². The van der Waals surface area contributed by atoms with E-state index < -0.39 is 36.1 Å². The van der Waals surface area contributed by atoms with E-state index in [1.54, 1.807) is 45.9 Å². The summed E-state index contributed by atoms with van der Waals surface area (Å²) < 4.78 is 33.9. The number of likely N-dealkylation sites (tertiary alicyclic amines) is 1. The summed E-state index contributed by atoms with van der Waals surface area (Å²) in [5, 5.41) is 2.59.